The Morgan fingerprint density at radius 3 is 2.72 bits per heavy atom. The fourth-order valence-electron chi connectivity index (χ4n) is 2.26. The van der Waals surface area contributed by atoms with Gasteiger partial charge >= 0.3 is 0 Å². The van der Waals surface area contributed by atoms with E-state index in [1.807, 2.05) is 24.3 Å². The average molecular weight is 268 g/mol. The summed E-state index contributed by atoms with van der Waals surface area (Å²) in [5, 5.41) is 0.734. The molecule has 1 unspecified atom stereocenters. The van der Waals surface area contributed by atoms with Crippen LogP contribution in [-0.4, -0.2) is 37.7 Å². The molecule has 0 saturated carbocycles. The van der Waals surface area contributed by atoms with Gasteiger partial charge in [-0.3, -0.25) is 4.99 Å². The molecule has 2 rings (SSSR count). The Bertz CT molecular complexity index is 446. The van der Waals surface area contributed by atoms with E-state index in [0.29, 0.717) is 19.1 Å². The van der Waals surface area contributed by atoms with Crippen molar-refractivity contribution in [3.05, 3.63) is 34.9 Å². The minimum Gasteiger partial charge on any atom is -0.383 e. The molecule has 1 aliphatic rings. The number of hydrogen-bond acceptors (Lipinski definition) is 4. The molecule has 18 heavy (non-hydrogen) atoms. The van der Waals surface area contributed by atoms with Gasteiger partial charge in [0.1, 0.15) is 0 Å². The summed E-state index contributed by atoms with van der Waals surface area (Å²) in [7, 11) is 1.68. The molecule has 0 aromatic heterocycles. The predicted molar refractivity (Wildman–Crippen MR) is 73.9 cm³/mol. The van der Waals surface area contributed by atoms with Crippen LogP contribution in [0, 0.1) is 0 Å². The molecule has 4 nitrogen and oxygen atoms in total. The lowest BCUT2D eigenvalue weighted by molar-refractivity contribution is 0.137. The predicted octanol–water partition coefficient (Wildman–Crippen LogP) is 1.83. The van der Waals surface area contributed by atoms with Crippen molar-refractivity contribution in [1.29, 1.82) is 0 Å². The smallest absolute Gasteiger partial charge is 0.192 e. The highest BCUT2D eigenvalue weighted by molar-refractivity contribution is 6.30. The molecular formula is C13H18ClN3O. The summed E-state index contributed by atoms with van der Waals surface area (Å²) in [6.07, 6.45) is 0. The minimum absolute atomic E-state index is 0.215. The second kappa shape index (κ2) is 5.16. The number of nitrogens with two attached hydrogens (primary N) is 1. The molecule has 0 fully saturated rings. The van der Waals surface area contributed by atoms with Crippen LogP contribution in [0.4, 0.5) is 0 Å². The molecule has 0 saturated heterocycles. The van der Waals surface area contributed by atoms with Gasteiger partial charge in [-0.15, -0.1) is 0 Å². The number of hydrogen-bond donors (Lipinski definition) is 1. The van der Waals surface area contributed by atoms with E-state index in [1.54, 1.807) is 7.11 Å². The lowest BCUT2D eigenvalue weighted by Gasteiger charge is -2.36. The molecule has 5 heteroatoms. The topological polar surface area (TPSA) is 50.9 Å². The first-order valence-electron chi connectivity index (χ1n) is 5.90. The Kier molecular flexibility index (Phi) is 3.78. The molecule has 2 N–H and O–H groups in total. The van der Waals surface area contributed by atoms with Gasteiger partial charge in [-0.1, -0.05) is 23.7 Å². The lowest BCUT2D eigenvalue weighted by Crippen LogP contribution is -2.48. The zero-order valence-electron chi connectivity index (χ0n) is 10.7. The lowest BCUT2D eigenvalue weighted by atomic mass is 9.91. The molecule has 1 heterocycles. The largest absolute Gasteiger partial charge is 0.383 e. The van der Waals surface area contributed by atoms with Crippen LogP contribution in [0.3, 0.4) is 0 Å². The number of guanidine groups is 1. The third-order valence-electron chi connectivity index (χ3n) is 3.41. The first-order valence-corrected chi connectivity index (χ1v) is 6.28. The van der Waals surface area contributed by atoms with Gasteiger partial charge in [-0.05, 0) is 24.6 Å². The Hall–Kier alpha value is -1.26. The average Bonchev–Trinajstić information content (AvgIpc) is 2.65. The van der Waals surface area contributed by atoms with Crippen molar-refractivity contribution in [2.45, 2.75) is 12.5 Å². The number of halogens is 1. The van der Waals surface area contributed by atoms with Crippen LogP contribution < -0.4 is 5.73 Å². The third-order valence-corrected chi connectivity index (χ3v) is 3.66. The van der Waals surface area contributed by atoms with E-state index in [4.69, 9.17) is 22.1 Å². The second-order valence-electron chi connectivity index (χ2n) is 4.60. The standard InChI is InChI=1S/C13H18ClN3O/c1-13(10-3-5-11(14)6-4-10)9-16-12(15)17(13)7-8-18-2/h3-6H,7-9H2,1-2H3,(H2,15,16). The molecule has 98 valence electrons. The molecule has 1 atom stereocenters. The zero-order chi connectivity index (χ0) is 13.2. The van der Waals surface area contributed by atoms with E-state index in [1.165, 1.54) is 0 Å². The fourth-order valence-corrected chi connectivity index (χ4v) is 2.38. The first-order chi connectivity index (χ1) is 8.58. The van der Waals surface area contributed by atoms with Gasteiger partial charge in [-0.25, -0.2) is 0 Å². The van der Waals surface area contributed by atoms with Gasteiger partial charge in [0, 0.05) is 18.7 Å². The Morgan fingerprint density at radius 2 is 2.11 bits per heavy atom. The quantitative estimate of drug-likeness (QED) is 0.906. The van der Waals surface area contributed by atoms with Crippen molar-refractivity contribution in [3.63, 3.8) is 0 Å². The maximum Gasteiger partial charge on any atom is 0.192 e. The molecule has 1 aromatic rings. The van der Waals surface area contributed by atoms with Gasteiger partial charge in [0.05, 0.1) is 18.7 Å². The molecule has 0 spiro atoms. The minimum atomic E-state index is -0.215. The molecule has 0 aliphatic carbocycles. The molecule has 0 bridgehead atoms. The normalized spacial score (nSPS) is 23.3. The zero-order valence-corrected chi connectivity index (χ0v) is 11.4. The number of rotatable bonds is 4. The monoisotopic (exact) mass is 267 g/mol. The van der Waals surface area contributed by atoms with Crippen LogP contribution in [0.5, 0.6) is 0 Å². The highest BCUT2D eigenvalue weighted by atomic mass is 35.5. The van der Waals surface area contributed by atoms with Crippen molar-refractivity contribution in [3.8, 4) is 0 Å². The number of ether oxygens (including phenoxy) is 1. The highest BCUT2D eigenvalue weighted by Gasteiger charge is 2.39. The SMILES string of the molecule is COCCN1C(N)=NCC1(C)c1ccc(Cl)cc1. The summed E-state index contributed by atoms with van der Waals surface area (Å²) < 4.78 is 5.13. The molecule has 0 radical (unpaired) electrons. The molecule has 1 aliphatic heterocycles. The summed E-state index contributed by atoms with van der Waals surface area (Å²) in [4.78, 5) is 6.44. The fraction of sp³-hybridized carbons (Fsp3) is 0.462. The van der Waals surface area contributed by atoms with E-state index < -0.39 is 0 Å². The van der Waals surface area contributed by atoms with Crippen LogP contribution in [0.2, 0.25) is 5.02 Å². The van der Waals surface area contributed by atoms with Crippen molar-refractivity contribution >= 4 is 17.6 Å². The van der Waals surface area contributed by atoms with Gasteiger partial charge in [0.25, 0.3) is 0 Å². The van der Waals surface area contributed by atoms with Crippen molar-refractivity contribution in [2.75, 3.05) is 26.8 Å². The van der Waals surface area contributed by atoms with E-state index >= 15 is 0 Å². The Morgan fingerprint density at radius 1 is 1.44 bits per heavy atom. The van der Waals surface area contributed by atoms with Gasteiger partial charge in [0.15, 0.2) is 5.96 Å². The molecular weight excluding hydrogens is 250 g/mol. The van der Waals surface area contributed by atoms with Crippen molar-refractivity contribution < 1.29 is 4.74 Å². The van der Waals surface area contributed by atoms with Crippen LogP contribution >= 0.6 is 11.6 Å². The van der Waals surface area contributed by atoms with Gasteiger partial charge in [0.2, 0.25) is 0 Å². The summed E-state index contributed by atoms with van der Waals surface area (Å²) in [5.74, 6) is 0.574. The van der Waals surface area contributed by atoms with Gasteiger partial charge < -0.3 is 15.4 Å². The number of methoxy groups -OCH3 is 1. The van der Waals surface area contributed by atoms with Gasteiger partial charge in [-0.2, -0.15) is 0 Å². The van der Waals surface area contributed by atoms with E-state index in [-0.39, 0.29) is 5.54 Å². The Labute approximate surface area is 112 Å². The van der Waals surface area contributed by atoms with Crippen LogP contribution in [0.15, 0.2) is 29.3 Å². The molecule has 0 amide bonds. The summed E-state index contributed by atoms with van der Waals surface area (Å²) in [6, 6.07) is 7.84. The van der Waals surface area contributed by atoms with E-state index in [2.05, 4.69) is 16.8 Å². The first kappa shape index (κ1) is 13.2. The summed E-state index contributed by atoms with van der Waals surface area (Å²) >= 11 is 5.93. The second-order valence-corrected chi connectivity index (χ2v) is 5.04. The number of benzene rings is 1. The Balaban J connectivity index is 2.26. The number of nitrogens with zero attached hydrogens (tertiary/aromatic N) is 2. The van der Waals surface area contributed by atoms with Crippen molar-refractivity contribution in [2.24, 2.45) is 10.7 Å². The maximum atomic E-state index is 5.96. The summed E-state index contributed by atoms with van der Waals surface area (Å²) in [5.41, 5.74) is 6.90. The summed E-state index contributed by atoms with van der Waals surface area (Å²) in [6.45, 7) is 4.14. The molecule has 1 aromatic carbocycles. The van der Waals surface area contributed by atoms with Crippen LogP contribution in [0.25, 0.3) is 0 Å². The van der Waals surface area contributed by atoms with Crippen molar-refractivity contribution in [1.82, 2.24) is 4.90 Å². The highest BCUT2D eigenvalue weighted by Crippen LogP contribution is 2.32. The van der Waals surface area contributed by atoms with E-state index in [9.17, 15) is 0 Å². The van der Waals surface area contributed by atoms with Crippen LogP contribution in [-0.2, 0) is 10.3 Å². The van der Waals surface area contributed by atoms with Crippen LogP contribution in [0.1, 0.15) is 12.5 Å². The third kappa shape index (κ3) is 2.31. The number of aliphatic imine (C=N–C) groups is 1. The van der Waals surface area contributed by atoms with E-state index in [0.717, 1.165) is 17.1 Å². The maximum absolute atomic E-state index is 5.96.